The molecule has 190 valence electrons. The molecule has 9 heteroatoms. The van der Waals surface area contributed by atoms with Crippen molar-refractivity contribution in [1.29, 1.82) is 0 Å². The Balaban J connectivity index is 1.43. The van der Waals surface area contributed by atoms with E-state index in [0.717, 1.165) is 11.3 Å². The molecule has 0 bridgehead atoms. The summed E-state index contributed by atoms with van der Waals surface area (Å²) >= 11 is 5.40. The van der Waals surface area contributed by atoms with Gasteiger partial charge in [-0.15, -0.1) is 0 Å². The minimum atomic E-state index is -0.291. The number of hydrogen-bond acceptors (Lipinski definition) is 6. The normalized spacial score (nSPS) is 13.9. The summed E-state index contributed by atoms with van der Waals surface area (Å²) in [5.41, 5.74) is 3.46. The lowest BCUT2D eigenvalue weighted by Gasteiger charge is -2.14. The van der Waals surface area contributed by atoms with Gasteiger partial charge >= 0.3 is 0 Å². The van der Waals surface area contributed by atoms with Crippen LogP contribution >= 0.6 is 12.2 Å². The molecule has 4 rings (SSSR count). The van der Waals surface area contributed by atoms with Gasteiger partial charge in [0, 0.05) is 5.69 Å². The first-order valence-corrected chi connectivity index (χ1v) is 12.1. The Morgan fingerprint density at radius 1 is 1.03 bits per heavy atom. The number of hydrogen-bond donors (Lipinski definition) is 2. The van der Waals surface area contributed by atoms with Gasteiger partial charge in [-0.3, -0.25) is 14.5 Å². The van der Waals surface area contributed by atoms with Gasteiger partial charge in [0.2, 0.25) is 0 Å². The minimum absolute atomic E-state index is 0.184. The second kappa shape index (κ2) is 11.6. The van der Waals surface area contributed by atoms with Crippen LogP contribution in [0.15, 0.2) is 72.4 Å². The van der Waals surface area contributed by atoms with E-state index in [1.54, 1.807) is 48.5 Å². The number of rotatable bonds is 9. The predicted octanol–water partition coefficient (Wildman–Crippen LogP) is 4.68. The second-order valence-corrected chi connectivity index (χ2v) is 8.56. The summed E-state index contributed by atoms with van der Waals surface area (Å²) in [6.07, 6.45) is 1.68. The van der Waals surface area contributed by atoms with E-state index in [2.05, 4.69) is 10.6 Å². The molecule has 8 nitrogen and oxygen atoms in total. The van der Waals surface area contributed by atoms with E-state index >= 15 is 0 Å². The van der Waals surface area contributed by atoms with Crippen molar-refractivity contribution in [3.63, 3.8) is 0 Å². The van der Waals surface area contributed by atoms with Crippen molar-refractivity contribution >= 4 is 46.6 Å². The molecule has 0 saturated carbocycles. The van der Waals surface area contributed by atoms with Gasteiger partial charge in [-0.05, 0) is 86.2 Å². The van der Waals surface area contributed by atoms with Gasteiger partial charge in [-0.1, -0.05) is 23.8 Å². The fourth-order valence-corrected chi connectivity index (χ4v) is 3.96. The summed E-state index contributed by atoms with van der Waals surface area (Å²) in [6.45, 7) is 4.26. The smallest absolute Gasteiger partial charge is 0.281 e. The van der Waals surface area contributed by atoms with E-state index in [4.69, 9.17) is 26.4 Å². The van der Waals surface area contributed by atoms with Gasteiger partial charge in [0.15, 0.2) is 23.2 Å². The highest BCUT2D eigenvalue weighted by Crippen LogP contribution is 2.30. The number of thiocarbonyl (C=S) groups is 1. The molecule has 0 radical (unpaired) electrons. The lowest BCUT2D eigenvalue weighted by atomic mass is 10.1. The maximum absolute atomic E-state index is 13.1. The number of nitrogens with zero attached hydrogens (tertiary/aromatic N) is 1. The molecule has 3 aromatic carbocycles. The number of nitrogens with one attached hydrogen (secondary N) is 2. The molecule has 3 aromatic rings. The van der Waals surface area contributed by atoms with E-state index < -0.39 is 0 Å². The van der Waals surface area contributed by atoms with Crippen molar-refractivity contribution < 1.29 is 23.8 Å². The Morgan fingerprint density at radius 3 is 2.43 bits per heavy atom. The summed E-state index contributed by atoms with van der Waals surface area (Å²) in [4.78, 5) is 26.8. The number of benzene rings is 3. The van der Waals surface area contributed by atoms with E-state index in [-0.39, 0.29) is 23.5 Å². The molecule has 1 aliphatic rings. The van der Waals surface area contributed by atoms with Crippen LogP contribution in [-0.4, -0.2) is 37.3 Å². The second-order valence-electron chi connectivity index (χ2n) is 8.17. The number of carbonyl (C=O) groups is 2. The van der Waals surface area contributed by atoms with Gasteiger partial charge in [-0.2, -0.15) is 0 Å². The van der Waals surface area contributed by atoms with Crippen LogP contribution in [0.2, 0.25) is 0 Å². The molecular weight excluding hydrogens is 490 g/mol. The Morgan fingerprint density at radius 2 is 1.76 bits per heavy atom. The summed E-state index contributed by atoms with van der Waals surface area (Å²) in [6, 6.07) is 19.8. The van der Waals surface area contributed by atoms with E-state index in [0.29, 0.717) is 40.7 Å². The van der Waals surface area contributed by atoms with Crippen molar-refractivity contribution in [3.8, 4) is 17.2 Å². The number of amides is 2. The van der Waals surface area contributed by atoms with Gasteiger partial charge in [0.1, 0.15) is 11.4 Å². The van der Waals surface area contributed by atoms with Crippen LogP contribution in [0.5, 0.6) is 17.2 Å². The number of anilines is 2. The number of methoxy groups -OCH3 is 1. The van der Waals surface area contributed by atoms with Crippen molar-refractivity contribution in [3.05, 3.63) is 83.6 Å². The van der Waals surface area contributed by atoms with Crippen LogP contribution in [0.3, 0.4) is 0 Å². The summed E-state index contributed by atoms with van der Waals surface area (Å²) in [7, 11) is 1.51. The third kappa shape index (κ3) is 6.25. The van der Waals surface area contributed by atoms with Gasteiger partial charge in [0.25, 0.3) is 11.8 Å². The summed E-state index contributed by atoms with van der Waals surface area (Å²) in [5.74, 6) is 0.978. The first-order valence-electron chi connectivity index (χ1n) is 11.6. The van der Waals surface area contributed by atoms with Gasteiger partial charge in [0.05, 0.1) is 19.4 Å². The third-order valence-corrected chi connectivity index (χ3v) is 5.76. The first-order chi connectivity index (χ1) is 17.9. The Hall–Kier alpha value is -4.37. The Kier molecular flexibility index (Phi) is 8.05. The number of carbonyl (C=O) groups excluding carboxylic acids is 2. The largest absolute Gasteiger partial charge is 0.494 e. The molecule has 0 atom stereocenters. The standard InChI is InChI=1S/C28H27N3O5S/c1-4-35-22-12-10-21(11-13-22)31-27(33)23(30-28(31)37)15-19-7-14-24(25(16-19)34-3)36-17-26(32)29-20-8-5-18(2)6-9-20/h5-16H,4,17H2,1-3H3,(H,29,32)(H,30,37)/b23-15+. The monoisotopic (exact) mass is 517 g/mol. The number of ether oxygens (including phenoxy) is 3. The van der Waals surface area contributed by atoms with Crippen LogP contribution in [0, 0.1) is 6.92 Å². The molecule has 1 fully saturated rings. The van der Waals surface area contributed by atoms with Crippen LogP contribution in [-0.2, 0) is 9.59 Å². The molecule has 0 spiro atoms. The molecule has 1 heterocycles. The van der Waals surface area contributed by atoms with E-state index in [9.17, 15) is 9.59 Å². The van der Waals surface area contributed by atoms with Crippen LogP contribution in [0.25, 0.3) is 6.08 Å². The highest BCUT2D eigenvalue weighted by atomic mass is 32.1. The SMILES string of the molecule is CCOc1ccc(N2C(=O)/C(=C\c3ccc(OCC(=O)Nc4ccc(C)cc4)c(OC)c3)NC2=S)cc1. The third-order valence-electron chi connectivity index (χ3n) is 5.48. The first kappa shape index (κ1) is 25.7. The van der Waals surface area contributed by atoms with Crippen molar-refractivity contribution in [1.82, 2.24) is 5.32 Å². The topological polar surface area (TPSA) is 89.1 Å². The van der Waals surface area contributed by atoms with Crippen LogP contribution < -0.4 is 29.7 Å². The highest BCUT2D eigenvalue weighted by molar-refractivity contribution is 7.80. The zero-order valence-electron chi connectivity index (χ0n) is 20.7. The zero-order valence-corrected chi connectivity index (χ0v) is 21.6. The molecule has 2 N–H and O–H groups in total. The fourth-order valence-electron chi connectivity index (χ4n) is 3.66. The van der Waals surface area contributed by atoms with E-state index in [1.165, 1.54) is 12.0 Å². The average Bonchev–Trinajstić information content (AvgIpc) is 3.17. The quantitative estimate of drug-likeness (QED) is 0.315. The lowest BCUT2D eigenvalue weighted by molar-refractivity contribution is -0.118. The highest BCUT2D eigenvalue weighted by Gasteiger charge is 2.32. The minimum Gasteiger partial charge on any atom is -0.494 e. The Bertz CT molecular complexity index is 1340. The molecule has 2 amide bonds. The number of aryl methyl sites for hydroxylation is 1. The lowest BCUT2D eigenvalue weighted by Crippen LogP contribution is -2.30. The molecule has 37 heavy (non-hydrogen) atoms. The molecule has 1 saturated heterocycles. The van der Waals surface area contributed by atoms with Gasteiger partial charge in [-0.25, -0.2) is 0 Å². The Labute approximate surface area is 220 Å². The molecule has 0 aliphatic carbocycles. The van der Waals surface area contributed by atoms with Gasteiger partial charge < -0.3 is 24.8 Å². The zero-order chi connectivity index (χ0) is 26.4. The van der Waals surface area contributed by atoms with Crippen LogP contribution in [0.4, 0.5) is 11.4 Å². The summed E-state index contributed by atoms with van der Waals surface area (Å²) < 4.78 is 16.6. The molecule has 0 unspecified atom stereocenters. The molecule has 0 aromatic heterocycles. The van der Waals surface area contributed by atoms with Crippen molar-refractivity contribution in [2.45, 2.75) is 13.8 Å². The van der Waals surface area contributed by atoms with E-state index in [1.807, 2.05) is 38.1 Å². The summed E-state index contributed by atoms with van der Waals surface area (Å²) in [5, 5.41) is 6.04. The molecular formula is C28H27N3O5S. The molecule has 1 aliphatic heterocycles. The fraction of sp³-hybridized carbons (Fsp3) is 0.179. The maximum Gasteiger partial charge on any atom is 0.281 e. The predicted molar refractivity (Wildman–Crippen MR) is 147 cm³/mol. The van der Waals surface area contributed by atoms with Crippen molar-refractivity contribution in [2.75, 3.05) is 30.5 Å². The maximum atomic E-state index is 13.1. The van der Waals surface area contributed by atoms with Crippen LogP contribution in [0.1, 0.15) is 18.1 Å². The van der Waals surface area contributed by atoms with Crippen molar-refractivity contribution in [2.24, 2.45) is 0 Å². The average molecular weight is 518 g/mol.